The highest BCUT2D eigenvalue weighted by molar-refractivity contribution is 7.99. The maximum Gasteiger partial charge on any atom is 0.228 e. The number of hydrogen-bond donors (Lipinski definition) is 1. The quantitative estimate of drug-likeness (QED) is 0.571. The molecule has 0 unspecified atom stereocenters. The highest BCUT2D eigenvalue weighted by Gasteiger charge is 2.06. The molecule has 0 spiro atoms. The van der Waals surface area contributed by atoms with E-state index in [1.165, 1.54) is 27.1 Å². The van der Waals surface area contributed by atoms with Gasteiger partial charge < -0.3 is 5.32 Å². The van der Waals surface area contributed by atoms with Crippen molar-refractivity contribution in [3.63, 3.8) is 0 Å². The minimum atomic E-state index is 0.00758. The van der Waals surface area contributed by atoms with Crippen molar-refractivity contribution in [1.29, 1.82) is 0 Å². The van der Waals surface area contributed by atoms with Crippen LogP contribution in [0.4, 0.5) is 5.69 Å². The maximum atomic E-state index is 12.3. The molecule has 3 rings (SSSR count). The van der Waals surface area contributed by atoms with E-state index in [0.717, 1.165) is 16.1 Å². The van der Waals surface area contributed by atoms with Crippen LogP contribution in [0.2, 0.25) is 0 Å². The SMILES string of the molecule is Cc1ccc(C)c(Sc2ccc(NC(=O)Cc3ccc(C)c(C)c3)cc2)c1. The molecule has 0 atom stereocenters. The molecule has 138 valence electrons. The molecule has 0 aliphatic rings. The standard InChI is InChI=1S/C24H25NOS/c1-16-5-6-18(3)23(13-16)27-22-11-9-21(10-12-22)25-24(26)15-20-8-7-17(2)19(4)14-20/h5-14H,15H2,1-4H3,(H,25,26). The largest absolute Gasteiger partial charge is 0.326 e. The summed E-state index contributed by atoms with van der Waals surface area (Å²) in [5.41, 5.74) is 6.87. The molecule has 0 saturated heterocycles. The zero-order chi connectivity index (χ0) is 19.4. The molecule has 0 radical (unpaired) electrons. The lowest BCUT2D eigenvalue weighted by atomic mass is 10.0. The third-order valence-electron chi connectivity index (χ3n) is 4.65. The number of anilines is 1. The molecule has 3 heteroatoms. The molecule has 0 aromatic heterocycles. The topological polar surface area (TPSA) is 29.1 Å². The molecule has 3 aromatic rings. The van der Waals surface area contributed by atoms with Gasteiger partial charge in [-0.05, 0) is 85.8 Å². The average molecular weight is 376 g/mol. The van der Waals surface area contributed by atoms with Crippen LogP contribution in [0.1, 0.15) is 27.8 Å². The molecule has 0 aliphatic heterocycles. The van der Waals surface area contributed by atoms with E-state index < -0.39 is 0 Å². The number of carbonyl (C=O) groups is 1. The van der Waals surface area contributed by atoms with Crippen LogP contribution in [0, 0.1) is 27.7 Å². The summed E-state index contributed by atoms with van der Waals surface area (Å²) in [5.74, 6) is 0.00758. The summed E-state index contributed by atoms with van der Waals surface area (Å²) < 4.78 is 0. The number of hydrogen-bond acceptors (Lipinski definition) is 2. The Morgan fingerprint density at radius 2 is 1.52 bits per heavy atom. The van der Waals surface area contributed by atoms with Gasteiger partial charge in [-0.1, -0.05) is 42.1 Å². The molecule has 0 fully saturated rings. The molecule has 0 saturated carbocycles. The summed E-state index contributed by atoms with van der Waals surface area (Å²) >= 11 is 1.75. The van der Waals surface area contributed by atoms with Gasteiger partial charge in [-0.25, -0.2) is 0 Å². The number of nitrogens with one attached hydrogen (secondary N) is 1. The molecular weight excluding hydrogens is 350 g/mol. The van der Waals surface area contributed by atoms with Gasteiger partial charge >= 0.3 is 0 Å². The third kappa shape index (κ3) is 5.24. The Bertz CT molecular complexity index is 961. The Hall–Kier alpha value is -2.52. The number of amides is 1. The summed E-state index contributed by atoms with van der Waals surface area (Å²) in [4.78, 5) is 14.7. The average Bonchev–Trinajstić information content (AvgIpc) is 2.63. The maximum absolute atomic E-state index is 12.3. The smallest absolute Gasteiger partial charge is 0.228 e. The van der Waals surface area contributed by atoms with Gasteiger partial charge in [0.15, 0.2) is 0 Å². The number of carbonyl (C=O) groups excluding carboxylic acids is 1. The van der Waals surface area contributed by atoms with Crippen LogP contribution in [0.5, 0.6) is 0 Å². The second-order valence-electron chi connectivity index (χ2n) is 7.04. The predicted octanol–water partition coefficient (Wildman–Crippen LogP) is 6.25. The molecule has 27 heavy (non-hydrogen) atoms. The van der Waals surface area contributed by atoms with E-state index in [1.54, 1.807) is 11.8 Å². The van der Waals surface area contributed by atoms with E-state index in [0.29, 0.717) is 6.42 Å². The second-order valence-corrected chi connectivity index (χ2v) is 8.15. The molecule has 2 nitrogen and oxygen atoms in total. The Kier molecular flexibility index (Phi) is 6.02. The number of aryl methyl sites for hydroxylation is 4. The molecule has 1 N–H and O–H groups in total. The third-order valence-corrected chi connectivity index (χ3v) is 5.81. The van der Waals surface area contributed by atoms with Crippen molar-refractivity contribution in [2.24, 2.45) is 0 Å². The van der Waals surface area contributed by atoms with Crippen LogP contribution in [-0.4, -0.2) is 5.91 Å². The van der Waals surface area contributed by atoms with Crippen LogP contribution < -0.4 is 5.32 Å². The van der Waals surface area contributed by atoms with Crippen molar-refractivity contribution in [3.8, 4) is 0 Å². The fourth-order valence-electron chi connectivity index (χ4n) is 2.85. The van der Waals surface area contributed by atoms with Gasteiger partial charge in [-0.15, -0.1) is 0 Å². The van der Waals surface area contributed by atoms with Gasteiger partial charge in [-0.3, -0.25) is 4.79 Å². The van der Waals surface area contributed by atoms with E-state index in [1.807, 2.05) is 18.2 Å². The lowest BCUT2D eigenvalue weighted by Gasteiger charge is -2.09. The first kappa shape index (κ1) is 19.2. The van der Waals surface area contributed by atoms with Crippen molar-refractivity contribution in [2.75, 3.05) is 5.32 Å². The van der Waals surface area contributed by atoms with Crippen LogP contribution in [-0.2, 0) is 11.2 Å². The second kappa shape index (κ2) is 8.45. The normalized spacial score (nSPS) is 10.7. The molecule has 0 aliphatic carbocycles. The van der Waals surface area contributed by atoms with Crippen molar-refractivity contribution < 1.29 is 4.79 Å². The van der Waals surface area contributed by atoms with Gasteiger partial charge in [0.2, 0.25) is 5.91 Å². The van der Waals surface area contributed by atoms with Crippen molar-refractivity contribution in [2.45, 2.75) is 43.9 Å². The predicted molar refractivity (Wildman–Crippen MR) is 115 cm³/mol. The number of rotatable bonds is 5. The molecule has 1 amide bonds. The first-order chi connectivity index (χ1) is 12.9. The van der Waals surface area contributed by atoms with Crippen LogP contribution in [0.3, 0.4) is 0 Å². The zero-order valence-corrected chi connectivity index (χ0v) is 17.1. The van der Waals surface area contributed by atoms with E-state index >= 15 is 0 Å². The molecule has 3 aromatic carbocycles. The van der Waals surface area contributed by atoms with Gasteiger partial charge in [0.05, 0.1) is 6.42 Å². The fraction of sp³-hybridized carbons (Fsp3) is 0.208. The molecule has 0 heterocycles. The van der Waals surface area contributed by atoms with Gasteiger partial charge in [0, 0.05) is 15.5 Å². The van der Waals surface area contributed by atoms with Crippen LogP contribution in [0.25, 0.3) is 0 Å². The lowest BCUT2D eigenvalue weighted by Crippen LogP contribution is -2.14. The summed E-state index contributed by atoms with van der Waals surface area (Å²) in [7, 11) is 0. The van der Waals surface area contributed by atoms with E-state index in [9.17, 15) is 4.79 Å². The number of benzene rings is 3. The van der Waals surface area contributed by atoms with E-state index in [4.69, 9.17) is 0 Å². The van der Waals surface area contributed by atoms with Crippen molar-refractivity contribution in [3.05, 3.63) is 88.5 Å². The lowest BCUT2D eigenvalue weighted by molar-refractivity contribution is -0.115. The molecule has 0 bridgehead atoms. The Morgan fingerprint density at radius 1 is 0.815 bits per heavy atom. The molecular formula is C24H25NOS. The monoisotopic (exact) mass is 375 g/mol. The summed E-state index contributed by atoms with van der Waals surface area (Å²) in [6, 6.07) is 20.7. The first-order valence-corrected chi connectivity index (χ1v) is 9.93. The summed E-state index contributed by atoms with van der Waals surface area (Å²) in [6.45, 7) is 8.39. The van der Waals surface area contributed by atoms with Crippen molar-refractivity contribution in [1.82, 2.24) is 0 Å². The minimum Gasteiger partial charge on any atom is -0.326 e. The Balaban J connectivity index is 1.62. The summed E-state index contributed by atoms with van der Waals surface area (Å²) in [6.07, 6.45) is 0.389. The highest BCUT2D eigenvalue weighted by Crippen LogP contribution is 2.31. The van der Waals surface area contributed by atoms with E-state index in [-0.39, 0.29) is 5.91 Å². The minimum absolute atomic E-state index is 0.00758. The zero-order valence-electron chi connectivity index (χ0n) is 16.3. The summed E-state index contributed by atoms with van der Waals surface area (Å²) in [5, 5.41) is 2.99. The highest BCUT2D eigenvalue weighted by atomic mass is 32.2. The van der Waals surface area contributed by atoms with E-state index in [2.05, 4.69) is 75.5 Å². The first-order valence-electron chi connectivity index (χ1n) is 9.12. The van der Waals surface area contributed by atoms with Crippen LogP contribution in [0.15, 0.2) is 70.5 Å². The van der Waals surface area contributed by atoms with Crippen LogP contribution >= 0.6 is 11.8 Å². The fourth-order valence-corrected chi connectivity index (χ4v) is 3.85. The van der Waals surface area contributed by atoms with Gasteiger partial charge in [-0.2, -0.15) is 0 Å². The Labute approximate surface area is 166 Å². The van der Waals surface area contributed by atoms with Gasteiger partial charge in [0.1, 0.15) is 0 Å². The van der Waals surface area contributed by atoms with Crippen molar-refractivity contribution >= 4 is 23.4 Å². The van der Waals surface area contributed by atoms with Gasteiger partial charge in [0.25, 0.3) is 0 Å². The Morgan fingerprint density at radius 3 is 2.22 bits per heavy atom.